The molecule has 0 bridgehead atoms. The lowest BCUT2D eigenvalue weighted by Crippen LogP contribution is -2.09. The smallest absolute Gasteiger partial charge is 0.189 e. The molecule has 3 rings (SSSR count). The van der Waals surface area contributed by atoms with E-state index in [4.69, 9.17) is 15.2 Å². The zero-order valence-corrected chi connectivity index (χ0v) is 11.7. The number of benzene rings is 2. The molecule has 0 heterocycles. The summed E-state index contributed by atoms with van der Waals surface area (Å²) in [5.74, 6) is 1.66. The molecule has 0 radical (unpaired) electrons. The van der Waals surface area contributed by atoms with Crippen molar-refractivity contribution in [2.45, 2.75) is 19.3 Å². The van der Waals surface area contributed by atoms with E-state index < -0.39 is 0 Å². The highest BCUT2D eigenvalue weighted by atomic mass is 16.7. The third-order valence-corrected chi connectivity index (χ3v) is 3.74. The van der Waals surface area contributed by atoms with Crippen LogP contribution in [0.2, 0.25) is 0 Å². The van der Waals surface area contributed by atoms with Crippen molar-refractivity contribution in [1.29, 1.82) is 0 Å². The molecule has 0 amide bonds. The van der Waals surface area contributed by atoms with Crippen LogP contribution in [0.3, 0.4) is 0 Å². The van der Waals surface area contributed by atoms with Gasteiger partial charge in [0.2, 0.25) is 0 Å². The van der Waals surface area contributed by atoms with Gasteiger partial charge in [0, 0.05) is 5.56 Å². The van der Waals surface area contributed by atoms with Gasteiger partial charge in [-0.05, 0) is 48.6 Å². The summed E-state index contributed by atoms with van der Waals surface area (Å²) in [5.41, 5.74) is 6.92. The number of rotatable bonds is 7. The standard InChI is InChI=1S/C17H21NO2/c18-10-9-16-15-4-2-1-3-14(15)7-8-17(16)20-12-19-11-13-5-6-13/h1-4,7-8,13H,5-6,9-12,18H2. The third kappa shape index (κ3) is 3.11. The Morgan fingerprint density at radius 1 is 1.10 bits per heavy atom. The van der Waals surface area contributed by atoms with E-state index in [-0.39, 0.29) is 0 Å². The second-order valence-electron chi connectivity index (χ2n) is 5.38. The Labute approximate surface area is 119 Å². The molecule has 2 aromatic rings. The summed E-state index contributed by atoms with van der Waals surface area (Å²) < 4.78 is 11.4. The average molecular weight is 271 g/mol. The number of hydrogen-bond acceptors (Lipinski definition) is 3. The fraction of sp³-hybridized carbons (Fsp3) is 0.412. The molecule has 1 saturated carbocycles. The Bertz CT molecular complexity index is 578. The summed E-state index contributed by atoms with van der Waals surface area (Å²) in [7, 11) is 0. The lowest BCUT2D eigenvalue weighted by Gasteiger charge is -2.14. The van der Waals surface area contributed by atoms with Crippen molar-refractivity contribution in [3.63, 3.8) is 0 Å². The molecular weight excluding hydrogens is 250 g/mol. The summed E-state index contributed by atoms with van der Waals surface area (Å²) in [6, 6.07) is 12.4. The number of nitrogens with two attached hydrogens (primary N) is 1. The summed E-state index contributed by atoms with van der Waals surface area (Å²) in [6.07, 6.45) is 3.42. The minimum atomic E-state index is 0.326. The lowest BCUT2D eigenvalue weighted by atomic mass is 10.0. The zero-order chi connectivity index (χ0) is 13.8. The Kier molecular flexibility index (Phi) is 4.19. The molecule has 0 aromatic heterocycles. The van der Waals surface area contributed by atoms with Gasteiger partial charge in [-0.3, -0.25) is 0 Å². The molecule has 106 valence electrons. The SMILES string of the molecule is NCCc1c(OCOCC2CC2)ccc2ccccc12. The highest BCUT2D eigenvalue weighted by Crippen LogP contribution is 2.30. The van der Waals surface area contributed by atoms with Gasteiger partial charge in [0.15, 0.2) is 6.79 Å². The first-order valence-corrected chi connectivity index (χ1v) is 7.29. The van der Waals surface area contributed by atoms with Crippen LogP contribution in [0, 0.1) is 5.92 Å². The van der Waals surface area contributed by atoms with Gasteiger partial charge in [-0.25, -0.2) is 0 Å². The molecule has 1 aliphatic carbocycles. The highest BCUT2D eigenvalue weighted by molar-refractivity contribution is 5.87. The van der Waals surface area contributed by atoms with E-state index in [1.54, 1.807) is 0 Å². The second-order valence-corrected chi connectivity index (χ2v) is 5.38. The topological polar surface area (TPSA) is 44.5 Å². The van der Waals surface area contributed by atoms with Crippen molar-refractivity contribution >= 4 is 10.8 Å². The normalized spacial score (nSPS) is 14.7. The van der Waals surface area contributed by atoms with Gasteiger partial charge in [-0.2, -0.15) is 0 Å². The predicted octanol–water partition coefficient (Wildman–Crippen LogP) is 3.10. The van der Waals surface area contributed by atoms with Crippen LogP contribution in [0.25, 0.3) is 10.8 Å². The molecule has 0 spiro atoms. The maximum Gasteiger partial charge on any atom is 0.189 e. The average Bonchev–Trinajstić information content (AvgIpc) is 3.30. The molecule has 2 aromatic carbocycles. The fourth-order valence-electron chi connectivity index (χ4n) is 2.46. The van der Waals surface area contributed by atoms with Crippen molar-refractivity contribution < 1.29 is 9.47 Å². The van der Waals surface area contributed by atoms with Crippen molar-refractivity contribution in [3.8, 4) is 5.75 Å². The molecular formula is C17H21NO2. The molecule has 0 atom stereocenters. The molecule has 2 N–H and O–H groups in total. The molecule has 0 aliphatic heterocycles. The van der Waals surface area contributed by atoms with Gasteiger partial charge in [-0.15, -0.1) is 0 Å². The first-order chi connectivity index (χ1) is 9.88. The highest BCUT2D eigenvalue weighted by Gasteiger charge is 2.21. The molecule has 0 saturated heterocycles. The lowest BCUT2D eigenvalue weighted by molar-refractivity contribution is 0.00957. The van der Waals surface area contributed by atoms with Crippen LogP contribution < -0.4 is 10.5 Å². The van der Waals surface area contributed by atoms with Crippen molar-refractivity contribution in [2.75, 3.05) is 19.9 Å². The van der Waals surface area contributed by atoms with E-state index in [2.05, 4.69) is 24.3 Å². The van der Waals surface area contributed by atoms with Crippen LogP contribution in [0.4, 0.5) is 0 Å². The van der Waals surface area contributed by atoms with E-state index >= 15 is 0 Å². The Morgan fingerprint density at radius 2 is 1.95 bits per heavy atom. The number of fused-ring (bicyclic) bond motifs is 1. The second kappa shape index (κ2) is 6.25. The maximum absolute atomic E-state index is 5.80. The molecule has 3 nitrogen and oxygen atoms in total. The van der Waals surface area contributed by atoms with Crippen LogP contribution in [-0.2, 0) is 11.2 Å². The Balaban J connectivity index is 1.75. The van der Waals surface area contributed by atoms with Gasteiger partial charge in [0.1, 0.15) is 5.75 Å². The van der Waals surface area contributed by atoms with Gasteiger partial charge in [-0.1, -0.05) is 30.3 Å². The van der Waals surface area contributed by atoms with Crippen LogP contribution in [0.5, 0.6) is 5.75 Å². The minimum absolute atomic E-state index is 0.326. The molecule has 0 unspecified atom stereocenters. The Hall–Kier alpha value is -1.58. The minimum Gasteiger partial charge on any atom is -0.467 e. The summed E-state index contributed by atoms with van der Waals surface area (Å²) >= 11 is 0. The molecule has 1 aliphatic rings. The van der Waals surface area contributed by atoms with Crippen LogP contribution >= 0.6 is 0 Å². The van der Waals surface area contributed by atoms with E-state index in [9.17, 15) is 0 Å². The van der Waals surface area contributed by atoms with E-state index in [0.29, 0.717) is 13.3 Å². The number of hydrogen-bond donors (Lipinski definition) is 1. The van der Waals surface area contributed by atoms with Gasteiger partial charge < -0.3 is 15.2 Å². The quantitative estimate of drug-likeness (QED) is 0.621. The molecule has 1 fully saturated rings. The Morgan fingerprint density at radius 3 is 2.75 bits per heavy atom. The van der Waals surface area contributed by atoms with Crippen LogP contribution in [-0.4, -0.2) is 19.9 Å². The zero-order valence-electron chi connectivity index (χ0n) is 11.7. The van der Waals surface area contributed by atoms with Crippen molar-refractivity contribution in [2.24, 2.45) is 11.7 Å². The van der Waals surface area contributed by atoms with Crippen molar-refractivity contribution in [1.82, 2.24) is 0 Å². The summed E-state index contributed by atoms with van der Waals surface area (Å²) in [4.78, 5) is 0. The largest absolute Gasteiger partial charge is 0.467 e. The van der Waals surface area contributed by atoms with Gasteiger partial charge >= 0.3 is 0 Å². The maximum atomic E-state index is 5.80. The van der Waals surface area contributed by atoms with Gasteiger partial charge in [0.25, 0.3) is 0 Å². The van der Waals surface area contributed by atoms with Gasteiger partial charge in [0.05, 0.1) is 6.61 Å². The van der Waals surface area contributed by atoms with Crippen LogP contribution in [0.15, 0.2) is 36.4 Å². The third-order valence-electron chi connectivity index (χ3n) is 3.74. The van der Waals surface area contributed by atoms with E-state index in [1.165, 1.54) is 29.2 Å². The predicted molar refractivity (Wildman–Crippen MR) is 80.9 cm³/mol. The van der Waals surface area contributed by atoms with E-state index in [0.717, 1.165) is 24.7 Å². The summed E-state index contributed by atoms with van der Waals surface area (Å²) in [5, 5.41) is 2.44. The number of ether oxygens (including phenoxy) is 2. The van der Waals surface area contributed by atoms with Crippen LogP contribution in [0.1, 0.15) is 18.4 Å². The first kappa shape index (κ1) is 13.4. The molecule has 20 heavy (non-hydrogen) atoms. The van der Waals surface area contributed by atoms with Crippen molar-refractivity contribution in [3.05, 3.63) is 42.0 Å². The van der Waals surface area contributed by atoms with E-state index in [1.807, 2.05) is 12.1 Å². The summed E-state index contributed by atoms with van der Waals surface area (Å²) in [6.45, 7) is 1.76. The fourth-order valence-corrected chi connectivity index (χ4v) is 2.46. The first-order valence-electron chi connectivity index (χ1n) is 7.29. The molecule has 3 heteroatoms. The monoisotopic (exact) mass is 271 g/mol.